The smallest absolute Gasteiger partial charge is 0.143 e. The molecule has 2 heterocycles. The number of anilines is 3. The lowest BCUT2D eigenvalue weighted by atomic mass is 10.0. The van der Waals surface area contributed by atoms with E-state index < -0.39 is 0 Å². The fraction of sp³-hybridized carbons (Fsp3) is 0. The highest BCUT2D eigenvalue weighted by molar-refractivity contribution is 6.19. The third-order valence-electron chi connectivity index (χ3n) is 9.67. The van der Waals surface area contributed by atoms with E-state index in [1.807, 2.05) is 24.3 Å². The van der Waals surface area contributed by atoms with Gasteiger partial charge in [-0.3, -0.25) is 0 Å². The highest BCUT2D eigenvalue weighted by Gasteiger charge is 2.17. The quantitative estimate of drug-likeness (QED) is 0.190. The Morgan fingerprint density at radius 3 is 1.73 bits per heavy atom. The summed E-state index contributed by atoms with van der Waals surface area (Å²) in [4.78, 5) is 2.33. The monoisotopic (exact) mass is 627 g/mol. The predicted octanol–water partition coefficient (Wildman–Crippen LogP) is 13.4. The summed E-state index contributed by atoms with van der Waals surface area (Å²) in [6.07, 6.45) is 0. The van der Waals surface area contributed by atoms with Crippen LogP contribution in [-0.4, -0.2) is 0 Å². The van der Waals surface area contributed by atoms with Gasteiger partial charge in [0.05, 0.1) is 0 Å². The second kappa shape index (κ2) is 11.0. The van der Waals surface area contributed by atoms with Crippen LogP contribution in [0.5, 0.6) is 0 Å². The normalized spacial score (nSPS) is 11.7. The largest absolute Gasteiger partial charge is 0.456 e. The van der Waals surface area contributed by atoms with E-state index >= 15 is 0 Å². The maximum Gasteiger partial charge on any atom is 0.143 e. The van der Waals surface area contributed by atoms with E-state index in [0.29, 0.717) is 0 Å². The van der Waals surface area contributed by atoms with E-state index in [9.17, 15) is 0 Å². The van der Waals surface area contributed by atoms with Crippen molar-refractivity contribution in [3.8, 4) is 22.3 Å². The number of para-hydroxylation sites is 3. The van der Waals surface area contributed by atoms with Crippen LogP contribution in [0.3, 0.4) is 0 Å². The molecule has 10 aromatic rings. The first kappa shape index (κ1) is 27.5. The first-order valence-corrected chi connectivity index (χ1v) is 16.6. The molecule has 49 heavy (non-hydrogen) atoms. The molecule has 0 amide bonds. The van der Waals surface area contributed by atoms with E-state index in [2.05, 4.69) is 157 Å². The zero-order valence-corrected chi connectivity index (χ0v) is 26.5. The van der Waals surface area contributed by atoms with Gasteiger partial charge >= 0.3 is 0 Å². The maximum absolute atomic E-state index is 6.38. The van der Waals surface area contributed by atoms with Gasteiger partial charge in [0.2, 0.25) is 0 Å². The molecule has 10 rings (SSSR count). The molecule has 3 heteroatoms. The molecule has 0 unspecified atom stereocenters. The van der Waals surface area contributed by atoms with Gasteiger partial charge in [0.25, 0.3) is 0 Å². The van der Waals surface area contributed by atoms with E-state index in [4.69, 9.17) is 8.83 Å². The van der Waals surface area contributed by atoms with Crippen molar-refractivity contribution < 1.29 is 8.83 Å². The van der Waals surface area contributed by atoms with E-state index in [0.717, 1.165) is 77.5 Å². The Hall–Kier alpha value is -6.58. The van der Waals surface area contributed by atoms with Crippen LogP contribution in [0.1, 0.15) is 0 Å². The average molecular weight is 628 g/mol. The molecule has 0 aliphatic heterocycles. The molecular weight excluding hydrogens is 599 g/mol. The second-order valence-corrected chi connectivity index (χ2v) is 12.5. The van der Waals surface area contributed by atoms with E-state index in [1.165, 1.54) is 16.5 Å². The summed E-state index contributed by atoms with van der Waals surface area (Å²) in [6, 6.07) is 62.1. The van der Waals surface area contributed by atoms with Crippen LogP contribution in [0.2, 0.25) is 0 Å². The lowest BCUT2D eigenvalue weighted by Crippen LogP contribution is -2.09. The number of hydrogen-bond acceptors (Lipinski definition) is 3. The highest BCUT2D eigenvalue weighted by Crippen LogP contribution is 2.42. The van der Waals surface area contributed by atoms with Gasteiger partial charge in [-0.25, -0.2) is 0 Å². The van der Waals surface area contributed by atoms with Crippen molar-refractivity contribution in [3.63, 3.8) is 0 Å². The molecule has 0 aliphatic rings. The minimum atomic E-state index is 0.906. The third kappa shape index (κ3) is 4.51. The van der Waals surface area contributed by atoms with Crippen LogP contribution >= 0.6 is 0 Å². The maximum atomic E-state index is 6.38. The molecule has 0 radical (unpaired) electrons. The Morgan fingerprint density at radius 2 is 0.959 bits per heavy atom. The van der Waals surface area contributed by atoms with Gasteiger partial charge in [-0.15, -0.1) is 0 Å². The molecule has 0 aliphatic carbocycles. The highest BCUT2D eigenvalue weighted by atomic mass is 16.3. The summed E-state index contributed by atoms with van der Waals surface area (Å²) in [5.41, 5.74) is 11.5. The summed E-state index contributed by atoms with van der Waals surface area (Å²) >= 11 is 0. The Balaban J connectivity index is 1.11. The minimum Gasteiger partial charge on any atom is -0.456 e. The minimum absolute atomic E-state index is 0.906. The van der Waals surface area contributed by atoms with Gasteiger partial charge in [0.15, 0.2) is 0 Å². The molecule has 3 nitrogen and oxygen atoms in total. The zero-order chi connectivity index (χ0) is 32.3. The molecule has 0 saturated heterocycles. The van der Waals surface area contributed by atoms with Crippen LogP contribution < -0.4 is 4.90 Å². The summed E-state index contributed by atoms with van der Waals surface area (Å²) in [6.45, 7) is 0. The fourth-order valence-corrected chi connectivity index (χ4v) is 7.33. The number of benzene rings is 8. The van der Waals surface area contributed by atoms with E-state index in [1.54, 1.807) is 0 Å². The number of rotatable bonds is 5. The lowest BCUT2D eigenvalue weighted by molar-refractivity contribution is 0.669. The number of furan rings is 2. The van der Waals surface area contributed by atoms with Crippen LogP contribution in [-0.2, 0) is 0 Å². The Morgan fingerprint density at radius 1 is 0.347 bits per heavy atom. The number of nitrogens with zero attached hydrogens (tertiary/aromatic N) is 1. The zero-order valence-electron chi connectivity index (χ0n) is 26.5. The van der Waals surface area contributed by atoms with Gasteiger partial charge in [-0.1, -0.05) is 121 Å². The Kier molecular flexibility index (Phi) is 6.18. The van der Waals surface area contributed by atoms with Gasteiger partial charge in [-0.2, -0.15) is 0 Å². The van der Waals surface area contributed by atoms with Crippen molar-refractivity contribution in [1.82, 2.24) is 0 Å². The summed E-state index contributed by atoms with van der Waals surface area (Å²) in [5, 5.41) is 6.91. The summed E-state index contributed by atoms with van der Waals surface area (Å²) < 4.78 is 12.6. The van der Waals surface area contributed by atoms with Crippen LogP contribution in [0, 0.1) is 0 Å². The second-order valence-electron chi connectivity index (χ2n) is 12.5. The standard InChI is InChI=1S/C46H29NO2/c1-2-9-30(10-3-1)31-17-22-34(23-18-31)47(36-26-27-37-33(29-36)21-28-44-45(37)41-12-5-7-16-43(41)48-44)35-24-19-32(20-25-35)38-13-8-14-40-39-11-4-6-15-42(39)49-46(38)40/h1-29H. The fourth-order valence-electron chi connectivity index (χ4n) is 7.33. The Bertz CT molecular complexity index is 2810. The molecule has 0 fully saturated rings. The van der Waals surface area contributed by atoms with E-state index in [-0.39, 0.29) is 0 Å². The SMILES string of the molecule is c1ccc(-c2ccc(N(c3ccc(-c4cccc5c4oc4ccccc45)cc3)c3ccc4c(ccc5oc6ccccc6c54)c3)cc2)cc1. The topological polar surface area (TPSA) is 29.5 Å². The average Bonchev–Trinajstić information content (AvgIpc) is 3.75. The molecule has 2 aromatic heterocycles. The van der Waals surface area contributed by atoms with Crippen LogP contribution in [0.15, 0.2) is 185 Å². The van der Waals surface area contributed by atoms with Crippen molar-refractivity contribution in [3.05, 3.63) is 176 Å². The molecule has 8 aromatic carbocycles. The molecule has 0 bridgehead atoms. The van der Waals surface area contributed by atoms with Crippen LogP contribution in [0.4, 0.5) is 17.1 Å². The molecule has 0 saturated carbocycles. The molecule has 0 spiro atoms. The summed E-state index contributed by atoms with van der Waals surface area (Å²) in [7, 11) is 0. The summed E-state index contributed by atoms with van der Waals surface area (Å²) in [5.74, 6) is 0. The van der Waals surface area contributed by atoms with Gasteiger partial charge in [0, 0.05) is 44.2 Å². The predicted molar refractivity (Wildman–Crippen MR) is 204 cm³/mol. The van der Waals surface area contributed by atoms with Gasteiger partial charge < -0.3 is 13.7 Å². The molecule has 230 valence electrons. The van der Waals surface area contributed by atoms with Crippen molar-refractivity contribution in [1.29, 1.82) is 0 Å². The van der Waals surface area contributed by atoms with Crippen LogP contribution in [0.25, 0.3) is 76.9 Å². The molecule has 0 N–H and O–H groups in total. The molecule has 0 atom stereocenters. The number of fused-ring (bicyclic) bond motifs is 8. The van der Waals surface area contributed by atoms with Gasteiger partial charge in [0.1, 0.15) is 22.3 Å². The van der Waals surface area contributed by atoms with Gasteiger partial charge in [-0.05, 0) is 82.1 Å². The first-order chi connectivity index (χ1) is 24.3. The van der Waals surface area contributed by atoms with Crippen molar-refractivity contribution >= 4 is 71.7 Å². The molecular formula is C46H29NO2. The van der Waals surface area contributed by atoms with Crippen molar-refractivity contribution in [2.24, 2.45) is 0 Å². The van der Waals surface area contributed by atoms with Crippen molar-refractivity contribution in [2.75, 3.05) is 4.90 Å². The third-order valence-corrected chi connectivity index (χ3v) is 9.67. The number of hydrogen-bond donors (Lipinski definition) is 0. The Labute approximate surface area is 282 Å². The first-order valence-electron chi connectivity index (χ1n) is 16.6. The van der Waals surface area contributed by atoms with Crippen molar-refractivity contribution in [2.45, 2.75) is 0 Å². The lowest BCUT2D eigenvalue weighted by Gasteiger charge is -2.26.